The topological polar surface area (TPSA) is 64.6 Å². The summed E-state index contributed by atoms with van der Waals surface area (Å²) in [6.07, 6.45) is 3.08. The summed E-state index contributed by atoms with van der Waals surface area (Å²) in [7, 11) is 1.46. The van der Waals surface area contributed by atoms with Crippen LogP contribution < -0.4 is 9.47 Å². The molecule has 1 aliphatic rings. The van der Waals surface area contributed by atoms with Crippen LogP contribution in [0.3, 0.4) is 0 Å². The van der Waals surface area contributed by atoms with Crippen molar-refractivity contribution in [2.45, 2.75) is 12.5 Å². The Labute approximate surface area is 137 Å². The summed E-state index contributed by atoms with van der Waals surface area (Å²) in [5.74, 6) is -1.85. The molecule has 0 aliphatic carbocycles. The van der Waals surface area contributed by atoms with Crippen LogP contribution in [0.1, 0.15) is 16.8 Å². The van der Waals surface area contributed by atoms with Gasteiger partial charge in [-0.2, -0.15) is 4.98 Å². The SMILES string of the molecule is COc1cncc(OC2CCN(C(=O)c3c(F)cccc3F)C2)n1. The van der Waals surface area contributed by atoms with Crippen LogP contribution in [-0.2, 0) is 0 Å². The van der Waals surface area contributed by atoms with Crippen LogP contribution in [0.15, 0.2) is 30.6 Å². The minimum absolute atomic E-state index is 0.214. The second kappa shape index (κ2) is 6.77. The van der Waals surface area contributed by atoms with Gasteiger partial charge in [-0.15, -0.1) is 0 Å². The maximum Gasteiger partial charge on any atom is 0.259 e. The van der Waals surface area contributed by atoms with Gasteiger partial charge in [-0.3, -0.25) is 9.78 Å². The first kappa shape index (κ1) is 16.1. The Morgan fingerprint density at radius 1 is 1.25 bits per heavy atom. The number of likely N-dealkylation sites (tertiary alicyclic amines) is 1. The Morgan fingerprint density at radius 2 is 1.96 bits per heavy atom. The van der Waals surface area contributed by atoms with Crippen LogP contribution in [0.4, 0.5) is 8.78 Å². The molecule has 3 rings (SSSR count). The van der Waals surface area contributed by atoms with Gasteiger partial charge in [0.15, 0.2) is 0 Å². The van der Waals surface area contributed by atoms with Crippen molar-refractivity contribution in [3.63, 3.8) is 0 Å². The van der Waals surface area contributed by atoms with Crippen LogP contribution in [0.2, 0.25) is 0 Å². The van der Waals surface area contributed by atoms with Gasteiger partial charge in [-0.1, -0.05) is 6.07 Å². The fourth-order valence-corrected chi connectivity index (χ4v) is 2.53. The lowest BCUT2D eigenvalue weighted by atomic mass is 10.1. The molecule has 1 atom stereocenters. The Morgan fingerprint density at radius 3 is 2.67 bits per heavy atom. The summed E-state index contributed by atoms with van der Waals surface area (Å²) in [6.45, 7) is 0.556. The Kier molecular flexibility index (Phi) is 4.54. The number of ether oxygens (including phenoxy) is 2. The number of halogens is 2. The minimum atomic E-state index is -0.872. The summed E-state index contributed by atoms with van der Waals surface area (Å²) in [4.78, 5) is 21.7. The highest BCUT2D eigenvalue weighted by atomic mass is 19.1. The van der Waals surface area contributed by atoms with Crippen LogP contribution in [0, 0.1) is 11.6 Å². The molecular formula is C16H15F2N3O3. The van der Waals surface area contributed by atoms with Crippen molar-refractivity contribution in [3.05, 3.63) is 47.8 Å². The molecule has 0 bridgehead atoms. The number of methoxy groups -OCH3 is 1. The maximum absolute atomic E-state index is 13.7. The van der Waals surface area contributed by atoms with E-state index in [2.05, 4.69) is 9.97 Å². The first-order valence-corrected chi connectivity index (χ1v) is 7.34. The van der Waals surface area contributed by atoms with Gasteiger partial charge in [0, 0.05) is 13.0 Å². The molecule has 6 nitrogen and oxygen atoms in total. The van der Waals surface area contributed by atoms with Gasteiger partial charge in [-0.25, -0.2) is 8.78 Å². The summed E-state index contributed by atoms with van der Waals surface area (Å²) >= 11 is 0. The normalized spacial score (nSPS) is 17.0. The third kappa shape index (κ3) is 3.27. The van der Waals surface area contributed by atoms with E-state index in [9.17, 15) is 13.6 Å². The number of nitrogens with zero attached hydrogens (tertiary/aromatic N) is 3. The monoisotopic (exact) mass is 335 g/mol. The number of carbonyl (C=O) groups excluding carboxylic acids is 1. The number of hydrogen-bond acceptors (Lipinski definition) is 5. The van der Waals surface area contributed by atoms with Gasteiger partial charge in [0.05, 0.1) is 26.0 Å². The molecule has 1 amide bonds. The van der Waals surface area contributed by atoms with E-state index >= 15 is 0 Å². The molecule has 2 heterocycles. The molecule has 1 fully saturated rings. The second-order valence-corrected chi connectivity index (χ2v) is 5.28. The van der Waals surface area contributed by atoms with E-state index in [0.29, 0.717) is 18.8 Å². The molecular weight excluding hydrogens is 320 g/mol. The molecule has 2 aromatic rings. The first-order chi connectivity index (χ1) is 11.6. The number of carbonyl (C=O) groups is 1. The van der Waals surface area contributed by atoms with Crippen LogP contribution in [0.25, 0.3) is 0 Å². The molecule has 8 heteroatoms. The fourth-order valence-electron chi connectivity index (χ4n) is 2.53. The van der Waals surface area contributed by atoms with E-state index in [1.54, 1.807) is 0 Å². The highest BCUT2D eigenvalue weighted by Gasteiger charge is 2.31. The zero-order chi connectivity index (χ0) is 17.1. The zero-order valence-corrected chi connectivity index (χ0v) is 12.9. The lowest BCUT2D eigenvalue weighted by molar-refractivity contribution is 0.0761. The van der Waals surface area contributed by atoms with Gasteiger partial charge in [0.25, 0.3) is 5.91 Å². The average Bonchev–Trinajstić information content (AvgIpc) is 3.03. The number of amides is 1. The van der Waals surface area contributed by atoms with Crippen molar-refractivity contribution < 1.29 is 23.0 Å². The van der Waals surface area contributed by atoms with Crippen molar-refractivity contribution in [3.8, 4) is 11.8 Å². The predicted octanol–water partition coefficient (Wildman–Crippen LogP) is 2.06. The molecule has 1 unspecified atom stereocenters. The first-order valence-electron chi connectivity index (χ1n) is 7.34. The van der Waals surface area contributed by atoms with Crippen molar-refractivity contribution in [2.24, 2.45) is 0 Å². The summed E-state index contributed by atoms with van der Waals surface area (Å²) in [5.41, 5.74) is -0.542. The van der Waals surface area contributed by atoms with Gasteiger partial charge >= 0.3 is 0 Å². The zero-order valence-electron chi connectivity index (χ0n) is 12.9. The van der Waals surface area contributed by atoms with Gasteiger partial charge in [0.1, 0.15) is 23.3 Å². The van der Waals surface area contributed by atoms with Crippen molar-refractivity contribution in [2.75, 3.05) is 20.2 Å². The van der Waals surface area contributed by atoms with E-state index in [0.717, 1.165) is 12.1 Å². The van der Waals surface area contributed by atoms with E-state index in [4.69, 9.17) is 9.47 Å². The summed E-state index contributed by atoms with van der Waals surface area (Å²) in [6, 6.07) is 3.34. The van der Waals surface area contributed by atoms with Crippen molar-refractivity contribution >= 4 is 5.91 Å². The predicted molar refractivity (Wildman–Crippen MR) is 79.9 cm³/mol. The standard InChI is InChI=1S/C16H15F2N3O3/c1-23-13-7-19-8-14(20-13)24-10-5-6-21(9-10)16(22)15-11(17)3-2-4-12(15)18/h2-4,7-8,10H,5-6,9H2,1H3. The lowest BCUT2D eigenvalue weighted by Gasteiger charge is -2.17. The van der Waals surface area contributed by atoms with Crippen molar-refractivity contribution in [1.82, 2.24) is 14.9 Å². The van der Waals surface area contributed by atoms with Gasteiger partial charge < -0.3 is 14.4 Å². The van der Waals surface area contributed by atoms with Gasteiger partial charge in [-0.05, 0) is 12.1 Å². The molecule has 0 N–H and O–H groups in total. The second-order valence-electron chi connectivity index (χ2n) is 5.28. The molecule has 1 aromatic carbocycles. The van der Waals surface area contributed by atoms with Crippen LogP contribution in [0.5, 0.6) is 11.8 Å². The third-order valence-corrected chi connectivity index (χ3v) is 3.70. The van der Waals surface area contributed by atoms with Crippen molar-refractivity contribution in [1.29, 1.82) is 0 Å². The highest BCUT2D eigenvalue weighted by Crippen LogP contribution is 2.21. The minimum Gasteiger partial charge on any atom is -0.480 e. The van der Waals surface area contributed by atoms with Crippen LogP contribution >= 0.6 is 0 Å². The highest BCUT2D eigenvalue weighted by molar-refractivity contribution is 5.95. The molecule has 0 saturated carbocycles. The molecule has 126 valence electrons. The van der Waals surface area contributed by atoms with E-state index in [1.165, 1.54) is 30.5 Å². The molecule has 0 radical (unpaired) electrons. The Hall–Kier alpha value is -2.77. The largest absolute Gasteiger partial charge is 0.480 e. The average molecular weight is 335 g/mol. The van der Waals surface area contributed by atoms with Gasteiger partial charge in [0.2, 0.25) is 11.8 Å². The molecule has 1 saturated heterocycles. The number of aromatic nitrogens is 2. The molecule has 1 aliphatic heterocycles. The number of hydrogen-bond donors (Lipinski definition) is 0. The summed E-state index contributed by atoms with van der Waals surface area (Å²) in [5, 5.41) is 0. The quantitative estimate of drug-likeness (QED) is 0.856. The Bertz CT molecular complexity index is 737. The lowest BCUT2D eigenvalue weighted by Crippen LogP contribution is -2.32. The summed E-state index contributed by atoms with van der Waals surface area (Å²) < 4.78 is 38.1. The maximum atomic E-state index is 13.7. The smallest absolute Gasteiger partial charge is 0.259 e. The number of rotatable bonds is 4. The third-order valence-electron chi connectivity index (χ3n) is 3.70. The molecule has 1 aromatic heterocycles. The van der Waals surface area contributed by atoms with E-state index < -0.39 is 23.1 Å². The van der Waals surface area contributed by atoms with E-state index in [-0.39, 0.29) is 18.5 Å². The Balaban J connectivity index is 1.68. The van der Waals surface area contributed by atoms with Crippen LogP contribution in [-0.4, -0.2) is 47.1 Å². The molecule has 24 heavy (non-hydrogen) atoms. The molecule has 0 spiro atoms. The van der Waals surface area contributed by atoms with E-state index in [1.807, 2.05) is 0 Å². The number of benzene rings is 1. The fraction of sp³-hybridized carbons (Fsp3) is 0.312.